The van der Waals surface area contributed by atoms with Gasteiger partial charge in [-0.3, -0.25) is 19.9 Å². The summed E-state index contributed by atoms with van der Waals surface area (Å²) in [6, 6.07) is 22.7. The number of carbonyl (C=O) groups is 2. The summed E-state index contributed by atoms with van der Waals surface area (Å²) in [4.78, 5) is 37.3. The Bertz CT molecular complexity index is 1490. The van der Waals surface area contributed by atoms with Crippen LogP contribution in [0.5, 0.6) is 0 Å². The van der Waals surface area contributed by atoms with E-state index in [4.69, 9.17) is 0 Å². The third-order valence-electron chi connectivity index (χ3n) is 5.43. The van der Waals surface area contributed by atoms with E-state index in [1.807, 2.05) is 61.5 Å². The Kier molecular flexibility index (Phi) is 5.28. The minimum atomic E-state index is -0.384. The van der Waals surface area contributed by atoms with Crippen molar-refractivity contribution >= 4 is 39.6 Å². The van der Waals surface area contributed by atoms with Gasteiger partial charge in [-0.15, -0.1) is 0 Å². The molecule has 7 heteroatoms. The molecular formula is C26H21N5O2. The SMILES string of the molecule is Cc1ccc(CNC(=O)c2cccc3[nH]c(NC(=O)c4cc5ccccc5cn4)nc23)cc1. The Hall–Kier alpha value is -4.52. The number of benzene rings is 3. The van der Waals surface area contributed by atoms with Crippen LogP contribution in [0, 0.1) is 6.92 Å². The molecule has 0 radical (unpaired) electrons. The maximum atomic E-state index is 12.8. The molecule has 2 amide bonds. The third-order valence-corrected chi connectivity index (χ3v) is 5.43. The van der Waals surface area contributed by atoms with Gasteiger partial charge < -0.3 is 10.3 Å². The van der Waals surface area contributed by atoms with Gasteiger partial charge >= 0.3 is 0 Å². The van der Waals surface area contributed by atoms with Crippen molar-refractivity contribution in [2.24, 2.45) is 0 Å². The maximum Gasteiger partial charge on any atom is 0.276 e. The highest BCUT2D eigenvalue weighted by Crippen LogP contribution is 2.20. The molecule has 0 fully saturated rings. The molecule has 3 N–H and O–H groups in total. The summed E-state index contributed by atoms with van der Waals surface area (Å²) in [5.74, 6) is -0.365. The van der Waals surface area contributed by atoms with Gasteiger partial charge in [0.05, 0.1) is 11.1 Å². The van der Waals surface area contributed by atoms with Gasteiger partial charge in [-0.2, -0.15) is 0 Å². The van der Waals surface area contributed by atoms with Gasteiger partial charge in [-0.05, 0) is 36.1 Å². The standard InChI is InChI=1S/C26H21N5O2/c1-16-9-11-17(12-10-16)14-28-24(32)20-7-4-8-21-23(20)30-26(29-21)31-25(33)22-13-18-5-2-3-6-19(18)15-27-22/h2-13,15H,14H2,1H3,(H,28,32)(H2,29,30,31,33). The van der Waals surface area contributed by atoms with Gasteiger partial charge in [0.25, 0.3) is 11.8 Å². The molecule has 2 heterocycles. The molecule has 162 valence electrons. The molecule has 7 nitrogen and oxygen atoms in total. The Morgan fingerprint density at radius 1 is 0.909 bits per heavy atom. The molecule has 0 saturated heterocycles. The number of nitrogens with one attached hydrogen (secondary N) is 3. The van der Waals surface area contributed by atoms with Gasteiger partial charge in [0.1, 0.15) is 11.2 Å². The number of hydrogen-bond donors (Lipinski definition) is 3. The van der Waals surface area contributed by atoms with Crippen molar-refractivity contribution < 1.29 is 9.59 Å². The lowest BCUT2D eigenvalue weighted by Gasteiger charge is -2.06. The van der Waals surface area contributed by atoms with Gasteiger partial charge in [-0.25, -0.2) is 4.98 Å². The van der Waals surface area contributed by atoms with Crippen LogP contribution in [0.3, 0.4) is 0 Å². The number of aromatic nitrogens is 3. The smallest absolute Gasteiger partial charge is 0.276 e. The zero-order chi connectivity index (χ0) is 22.8. The van der Waals surface area contributed by atoms with E-state index in [0.717, 1.165) is 16.3 Å². The number of imidazole rings is 1. The molecule has 0 aliphatic heterocycles. The highest BCUT2D eigenvalue weighted by Gasteiger charge is 2.16. The molecule has 0 aliphatic rings. The number of nitrogens with zero attached hydrogens (tertiary/aromatic N) is 2. The minimum absolute atomic E-state index is 0.234. The van der Waals surface area contributed by atoms with E-state index < -0.39 is 0 Å². The molecule has 0 aliphatic carbocycles. The van der Waals surface area contributed by atoms with Crippen LogP contribution in [0.2, 0.25) is 0 Å². The fourth-order valence-corrected chi connectivity index (χ4v) is 3.64. The Balaban J connectivity index is 1.34. The monoisotopic (exact) mass is 435 g/mol. The first-order valence-corrected chi connectivity index (χ1v) is 10.6. The lowest BCUT2D eigenvalue weighted by molar-refractivity contribution is 0.0951. The number of fused-ring (bicyclic) bond motifs is 2. The average molecular weight is 435 g/mol. The molecule has 33 heavy (non-hydrogen) atoms. The number of amides is 2. The summed E-state index contributed by atoms with van der Waals surface area (Å²) in [5.41, 5.74) is 4.03. The topological polar surface area (TPSA) is 99.8 Å². The first-order valence-electron chi connectivity index (χ1n) is 10.6. The quantitative estimate of drug-likeness (QED) is 0.376. The first kappa shape index (κ1) is 20.4. The Labute approximate surface area is 189 Å². The van der Waals surface area contributed by atoms with Gasteiger partial charge in [-0.1, -0.05) is 60.2 Å². The number of aromatic amines is 1. The molecular weight excluding hydrogens is 414 g/mol. The fraction of sp³-hybridized carbons (Fsp3) is 0.0769. The van der Waals surface area contributed by atoms with Crippen molar-refractivity contribution in [3.63, 3.8) is 0 Å². The second-order valence-electron chi connectivity index (χ2n) is 7.83. The molecule has 5 rings (SSSR count). The summed E-state index contributed by atoms with van der Waals surface area (Å²) in [5, 5.41) is 7.55. The van der Waals surface area contributed by atoms with E-state index in [9.17, 15) is 9.59 Å². The first-order chi connectivity index (χ1) is 16.1. The number of aryl methyl sites for hydroxylation is 1. The summed E-state index contributed by atoms with van der Waals surface area (Å²) in [6.45, 7) is 2.43. The number of H-pyrrole nitrogens is 1. The molecule has 0 unspecified atom stereocenters. The van der Waals surface area contributed by atoms with Crippen LogP contribution in [0.1, 0.15) is 32.0 Å². The predicted molar refractivity (Wildman–Crippen MR) is 128 cm³/mol. The summed E-state index contributed by atoms with van der Waals surface area (Å²) >= 11 is 0. The normalized spacial score (nSPS) is 10.9. The highest BCUT2D eigenvalue weighted by atomic mass is 16.2. The molecule has 2 aromatic heterocycles. The van der Waals surface area contributed by atoms with Crippen molar-refractivity contribution in [2.75, 3.05) is 5.32 Å². The number of para-hydroxylation sites is 1. The van der Waals surface area contributed by atoms with Crippen LogP contribution in [-0.4, -0.2) is 26.8 Å². The second kappa shape index (κ2) is 8.55. The molecule has 0 atom stereocenters. The minimum Gasteiger partial charge on any atom is -0.348 e. The number of anilines is 1. The van der Waals surface area contributed by atoms with Crippen molar-refractivity contribution in [3.05, 3.63) is 101 Å². The summed E-state index contributed by atoms with van der Waals surface area (Å²) < 4.78 is 0. The van der Waals surface area contributed by atoms with Crippen LogP contribution in [0.4, 0.5) is 5.95 Å². The number of rotatable bonds is 5. The average Bonchev–Trinajstić information content (AvgIpc) is 3.25. The van der Waals surface area contributed by atoms with Crippen LogP contribution < -0.4 is 10.6 Å². The number of pyridine rings is 1. The maximum absolute atomic E-state index is 12.8. The second-order valence-corrected chi connectivity index (χ2v) is 7.83. The van der Waals surface area contributed by atoms with E-state index in [0.29, 0.717) is 23.1 Å². The van der Waals surface area contributed by atoms with E-state index in [1.165, 1.54) is 5.56 Å². The number of hydrogen-bond acceptors (Lipinski definition) is 4. The van der Waals surface area contributed by atoms with Crippen molar-refractivity contribution in [1.82, 2.24) is 20.3 Å². The van der Waals surface area contributed by atoms with Crippen molar-refractivity contribution in [2.45, 2.75) is 13.5 Å². The predicted octanol–water partition coefficient (Wildman–Crippen LogP) is 4.60. The zero-order valence-electron chi connectivity index (χ0n) is 17.9. The van der Waals surface area contributed by atoms with Crippen molar-refractivity contribution in [3.8, 4) is 0 Å². The summed E-state index contributed by atoms with van der Waals surface area (Å²) in [6.07, 6.45) is 1.67. The van der Waals surface area contributed by atoms with E-state index in [1.54, 1.807) is 24.4 Å². The van der Waals surface area contributed by atoms with E-state index in [-0.39, 0.29) is 23.5 Å². The molecule has 5 aromatic rings. The summed E-state index contributed by atoms with van der Waals surface area (Å²) in [7, 11) is 0. The van der Waals surface area contributed by atoms with Gasteiger partial charge in [0, 0.05) is 18.1 Å². The highest BCUT2D eigenvalue weighted by molar-refractivity contribution is 6.07. The number of carbonyl (C=O) groups excluding carboxylic acids is 2. The van der Waals surface area contributed by atoms with Gasteiger partial charge in [0.2, 0.25) is 5.95 Å². The van der Waals surface area contributed by atoms with Crippen LogP contribution in [0.15, 0.2) is 79.0 Å². The largest absolute Gasteiger partial charge is 0.348 e. The molecule has 0 saturated carbocycles. The third kappa shape index (κ3) is 4.29. The Morgan fingerprint density at radius 2 is 1.70 bits per heavy atom. The molecule has 0 spiro atoms. The lowest BCUT2D eigenvalue weighted by Crippen LogP contribution is -2.23. The van der Waals surface area contributed by atoms with E-state index in [2.05, 4.69) is 25.6 Å². The molecule has 0 bridgehead atoms. The fourth-order valence-electron chi connectivity index (χ4n) is 3.64. The van der Waals surface area contributed by atoms with Crippen LogP contribution >= 0.6 is 0 Å². The van der Waals surface area contributed by atoms with Crippen LogP contribution in [-0.2, 0) is 6.54 Å². The Morgan fingerprint density at radius 3 is 2.52 bits per heavy atom. The van der Waals surface area contributed by atoms with E-state index >= 15 is 0 Å². The van der Waals surface area contributed by atoms with Crippen LogP contribution in [0.25, 0.3) is 21.8 Å². The lowest BCUT2D eigenvalue weighted by atomic mass is 10.1. The zero-order valence-corrected chi connectivity index (χ0v) is 17.9. The van der Waals surface area contributed by atoms with Gasteiger partial charge in [0.15, 0.2) is 0 Å². The molecule has 3 aromatic carbocycles. The van der Waals surface area contributed by atoms with Crippen molar-refractivity contribution in [1.29, 1.82) is 0 Å².